The summed E-state index contributed by atoms with van der Waals surface area (Å²) in [5, 5.41) is 17.7. The predicted molar refractivity (Wildman–Crippen MR) is 53.4 cm³/mol. The first-order chi connectivity index (χ1) is 6.66. The molecule has 0 bridgehead atoms. The highest BCUT2D eigenvalue weighted by Crippen LogP contribution is 2.21. The Balaban J connectivity index is 2.07. The van der Waals surface area contributed by atoms with Gasteiger partial charge in [-0.3, -0.25) is 0 Å². The SMILES string of the molecule is OB(O)c1ccc(N2CC(F)C2)cc1. The molecule has 0 saturated carbocycles. The topological polar surface area (TPSA) is 43.7 Å². The number of alkyl halides is 1. The number of hydrogen-bond acceptors (Lipinski definition) is 3. The summed E-state index contributed by atoms with van der Waals surface area (Å²) in [6, 6.07) is 6.79. The Labute approximate surface area is 81.9 Å². The normalized spacial score (nSPS) is 16.6. The molecule has 0 aliphatic carbocycles. The molecular weight excluding hydrogens is 184 g/mol. The van der Waals surface area contributed by atoms with Gasteiger partial charge in [-0.05, 0) is 17.6 Å². The summed E-state index contributed by atoms with van der Waals surface area (Å²) >= 11 is 0. The molecule has 2 N–H and O–H groups in total. The molecule has 0 atom stereocenters. The van der Waals surface area contributed by atoms with Gasteiger partial charge in [-0.2, -0.15) is 0 Å². The molecule has 0 radical (unpaired) electrons. The van der Waals surface area contributed by atoms with Crippen molar-refractivity contribution in [3.05, 3.63) is 24.3 Å². The van der Waals surface area contributed by atoms with Crippen molar-refractivity contribution < 1.29 is 14.4 Å². The molecule has 14 heavy (non-hydrogen) atoms. The van der Waals surface area contributed by atoms with Crippen LogP contribution in [0.5, 0.6) is 0 Å². The molecular formula is C9H11BFNO2. The van der Waals surface area contributed by atoms with Crippen LogP contribution < -0.4 is 10.4 Å². The van der Waals surface area contributed by atoms with Crippen molar-refractivity contribution in [2.45, 2.75) is 6.17 Å². The summed E-state index contributed by atoms with van der Waals surface area (Å²) in [5.41, 5.74) is 1.37. The van der Waals surface area contributed by atoms with Crippen LogP contribution in [0.25, 0.3) is 0 Å². The summed E-state index contributed by atoms with van der Waals surface area (Å²) in [6.07, 6.45) is -0.724. The van der Waals surface area contributed by atoms with E-state index >= 15 is 0 Å². The number of rotatable bonds is 2. The molecule has 74 valence electrons. The van der Waals surface area contributed by atoms with Crippen LogP contribution in [0.1, 0.15) is 0 Å². The molecule has 1 aromatic carbocycles. The van der Waals surface area contributed by atoms with E-state index in [0.29, 0.717) is 18.6 Å². The molecule has 1 heterocycles. The minimum absolute atomic E-state index is 0.432. The number of nitrogens with zero attached hydrogens (tertiary/aromatic N) is 1. The lowest BCUT2D eigenvalue weighted by Crippen LogP contribution is -2.48. The monoisotopic (exact) mass is 195 g/mol. The van der Waals surface area contributed by atoms with Crippen LogP contribution in [0.2, 0.25) is 0 Å². The standard InChI is InChI=1S/C9H11BFNO2/c11-8-5-12(6-8)9-3-1-7(2-4-9)10(13)14/h1-4,8,13-14H,5-6H2. The minimum Gasteiger partial charge on any atom is -0.423 e. The van der Waals surface area contributed by atoms with Gasteiger partial charge in [-0.25, -0.2) is 4.39 Å². The Bertz CT molecular complexity index is 311. The van der Waals surface area contributed by atoms with E-state index in [1.54, 1.807) is 24.3 Å². The molecule has 1 aliphatic heterocycles. The summed E-state index contributed by atoms with van der Waals surface area (Å²) in [5.74, 6) is 0. The van der Waals surface area contributed by atoms with Crippen molar-refractivity contribution in [1.29, 1.82) is 0 Å². The molecule has 1 aliphatic rings. The van der Waals surface area contributed by atoms with E-state index in [1.165, 1.54) is 0 Å². The van der Waals surface area contributed by atoms with E-state index in [4.69, 9.17) is 10.0 Å². The highest BCUT2D eigenvalue weighted by molar-refractivity contribution is 6.58. The zero-order valence-electron chi connectivity index (χ0n) is 7.60. The minimum atomic E-state index is -1.44. The maximum Gasteiger partial charge on any atom is 0.488 e. The van der Waals surface area contributed by atoms with Crippen LogP contribution in [0.4, 0.5) is 10.1 Å². The van der Waals surface area contributed by atoms with Gasteiger partial charge in [0.2, 0.25) is 0 Å². The highest BCUT2D eigenvalue weighted by Gasteiger charge is 2.26. The molecule has 1 fully saturated rings. The largest absolute Gasteiger partial charge is 0.488 e. The van der Waals surface area contributed by atoms with Crippen LogP contribution in [-0.2, 0) is 0 Å². The van der Waals surface area contributed by atoms with Crippen LogP contribution >= 0.6 is 0 Å². The van der Waals surface area contributed by atoms with Crippen molar-refractivity contribution in [3.8, 4) is 0 Å². The van der Waals surface area contributed by atoms with Crippen molar-refractivity contribution in [1.82, 2.24) is 0 Å². The maximum absolute atomic E-state index is 12.5. The van der Waals surface area contributed by atoms with Gasteiger partial charge in [-0.1, -0.05) is 12.1 Å². The molecule has 0 unspecified atom stereocenters. The fraction of sp³-hybridized carbons (Fsp3) is 0.333. The Morgan fingerprint density at radius 2 is 1.79 bits per heavy atom. The van der Waals surface area contributed by atoms with Crippen molar-refractivity contribution in [3.63, 3.8) is 0 Å². The van der Waals surface area contributed by atoms with Gasteiger partial charge in [0.05, 0.1) is 13.1 Å². The second kappa shape index (κ2) is 3.59. The zero-order chi connectivity index (χ0) is 10.1. The first kappa shape index (κ1) is 9.49. The molecule has 3 nitrogen and oxygen atoms in total. The molecule has 1 aromatic rings. The predicted octanol–water partition coefficient (Wildman–Crippen LogP) is -0.476. The Kier molecular flexibility index (Phi) is 2.43. The van der Waals surface area contributed by atoms with Gasteiger partial charge in [0.1, 0.15) is 6.17 Å². The molecule has 0 aromatic heterocycles. The zero-order valence-corrected chi connectivity index (χ0v) is 7.60. The van der Waals surface area contributed by atoms with Gasteiger partial charge in [-0.15, -0.1) is 0 Å². The first-order valence-electron chi connectivity index (χ1n) is 4.52. The number of hydrogen-bond donors (Lipinski definition) is 2. The van der Waals surface area contributed by atoms with E-state index < -0.39 is 13.3 Å². The maximum atomic E-state index is 12.5. The van der Waals surface area contributed by atoms with E-state index in [9.17, 15) is 4.39 Å². The average Bonchev–Trinajstić information content (AvgIpc) is 2.13. The van der Waals surface area contributed by atoms with E-state index in [0.717, 1.165) is 5.69 Å². The Morgan fingerprint density at radius 3 is 2.21 bits per heavy atom. The number of benzene rings is 1. The Hall–Kier alpha value is -1.07. The number of anilines is 1. The van der Waals surface area contributed by atoms with Gasteiger partial charge >= 0.3 is 7.12 Å². The molecule has 2 rings (SSSR count). The van der Waals surface area contributed by atoms with Gasteiger partial charge in [0.25, 0.3) is 0 Å². The first-order valence-corrected chi connectivity index (χ1v) is 4.52. The molecule has 1 saturated heterocycles. The molecule has 5 heteroatoms. The third kappa shape index (κ3) is 1.74. The third-order valence-corrected chi connectivity index (χ3v) is 2.39. The summed E-state index contributed by atoms with van der Waals surface area (Å²) in [4.78, 5) is 1.90. The van der Waals surface area contributed by atoms with Crippen molar-refractivity contribution in [2.75, 3.05) is 18.0 Å². The van der Waals surface area contributed by atoms with E-state index in [2.05, 4.69) is 0 Å². The molecule has 0 amide bonds. The smallest absolute Gasteiger partial charge is 0.423 e. The summed E-state index contributed by atoms with van der Waals surface area (Å²) in [6.45, 7) is 0.863. The van der Waals surface area contributed by atoms with Gasteiger partial charge in [0.15, 0.2) is 0 Å². The fourth-order valence-electron chi connectivity index (χ4n) is 1.49. The van der Waals surface area contributed by atoms with Crippen molar-refractivity contribution in [2.24, 2.45) is 0 Å². The lowest BCUT2D eigenvalue weighted by molar-refractivity contribution is 0.275. The fourth-order valence-corrected chi connectivity index (χ4v) is 1.49. The van der Waals surface area contributed by atoms with Crippen LogP contribution in [0.15, 0.2) is 24.3 Å². The lowest BCUT2D eigenvalue weighted by atomic mass is 9.80. The molecule has 0 spiro atoms. The van der Waals surface area contributed by atoms with Crippen LogP contribution in [0.3, 0.4) is 0 Å². The quantitative estimate of drug-likeness (QED) is 0.626. The third-order valence-electron chi connectivity index (χ3n) is 2.39. The van der Waals surface area contributed by atoms with E-state index in [-0.39, 0.29) is 0 Å². The summed E-state index contributed by atoms with van der Waals surface area (Å²) < 4.78 is 12.5. The number of halogens is 1. The lowest BCUT2D eigenvalue weighted by Gasteiger charge is -2.36. The van der Waals surface area contributed by atoms with Crippen LogP contribution in [-0.4, -0.2) is 36.4 Å². The summed E-state index contributed by atoms with van der Waals surface area (Å²) in [7, 11) is -1.44. The van der Waals surface area contributed by atoms with E-state index in [1.807, 2.05) is 4.90 Å². The van der Waals surface area contributed by atoms with Crippen LogP contribution in [0, 0.1) is 0 Å². The Morgan fingerprint density at radius 1 is 1.21 bits per heavy atom. The highest BCUT2D eigenvalue weighted by atomic mass is 19.1. The van der Waals surface area contributed by atoms with Crippen molar-refractivity contribution >= 4 is 18.3 Å². The average molecular weight is 195 g/mol. The second-order valence-corrected chi connectivity index (χ2v) is 3.47. The van der Waals surface area contributed by atoms with Gasteiger partial charge < -0.3 is 14.9 Å². The second-order valence-electron chi connectivity index (χ2n) is 3.47. The van der Waals surface area contributed by atoms with Gasteiger partial charge in [0, 0.05) is 5.69 Å².